The highest BCUT2D eigenvalue weighted by Gasteiger charge is 2.32. The molecule has 0 aromatic rings. The molecule has 1 aliphatic carbocycles. The topological polar surface area (TPSA) is 43.8 Å². The zero-order chi connectivity index (χ0) is 12.3. The third-order valence-electron chi connectivity index (χ3n) is 3.93. The fraction of sp³-hybridized carbons (Fsp3) is 0.769. The molecule has 2 rings (SSSR count). The molecule has 0 spiro atoms. The quantitative estimate of drug-likeness (QED) is 0.705. The van der Waals surface area contributed by atoms with Gasteiger partial charge in [0.25, 0.3) is 0 Å². The Morgan fingerprint density at radius 2 is 1.88 bits per heavy atom. The minimum Gasteiger partial charge on any atom is -0.396 e. The summed E-state index contributed by atoms with van der Waals surface area (Å²) in [5, 5.41) is 9.34. The van der Waals surface area contributed by atoms with Crippen LogP contribution in [0.4, 0.5) is 0 Å². The van der Waals surface area contributed by atoms with Crippen molar-refractivity contribution < 1.29 is 9.90 Å². The van der Waals surface area contributed by atoms with Crippen LogP contribution in [-0.2, 0) is 4.79 Å². The van der Waals surface area contributed by atoms with Gasteiger partial charge in [-0.1, -0.05) is 12.2 Å². The Morgan fingerprint density at radius 1 is 1.24 bits per heavy atom. The average molecular weight is 238 g/mol. The fourth-order valence-electron chi connectivity index (χ4n) is 2.64. The summed E-state index contributed by atoms with van der Waals surface area (Å²) >= 11 is 0. The van der Waals surface area contributed by atoms with Gasteiger partial charge >= 0.3 is 0 Å². The van der Waals surface area contributed by atoms with E-state index in [2.05, 4.69) is 24.1 Å². The molecule has 0 aromatic carbocycles. The molecule has 4 nitrogen and oxygen atoms in total. The van der Waals surface area contributed by atoms with E-state index in [4.69, 9.17) is 0 Å². The molecule has 1 saturated heterocycles. The number of hydrogen-bond acceptors (Lipinski definition) is 3. The Labute approximate surface area is 103 Å². The number of aliphatic hydroxyl groups is 1. The molecule has 2 aliphatic rings. The first-order valence-corrected chi connectivity index (χ1v) is 6.45. The maximum Gasteiger partial charge on any atom is 0.226 e. The lowest BCUT2D eigenvalue weighted by Crippen LogP contribution is -2.50. The van der Waals surface area contributed by atoms with E-state index in [1.54, 1.807) is 0 Å². The molecular formula is C13H22N2O2. The normalized spacial score (nSPS) is 30.6. The van der Waals surface area contributed by atoms with E-state index in [1.807, 2.05) is 4.90 Å². The summed E-state index contributed by atoms with van der Waals surface area (Å²) in [5.41, 5.74) is 0. The molecule has 4 heteroatoms. The van der Waals surface area contributed by atoms with Gasteiger partial charge in [0, 0.05) is 38.7 Å². The van der Waals surface area contributed by atoms with Crippen LogP contribution in [0.2, 0.25) is 0 Å². The summed E-state index contributed by atoms with van der Waals surface area (Å²) in [6.45, 7) is 3.69. The molecule has 2 atom stereocenters. The number of hydrogen-bond donors (Lipinski definition) is 1. The number of piperazine rings is 1. The molecule has 0 radical (unpaired) electrons. The Morgan fingerprint density at radius 3 is 2.53 bits per heavy atom. The molecule has 0 bridgehead atoms. The third-order valence-corrected chi connectivity index (χ3v) is 3.93. The number of carbonyl (C=O) groups is 1. The second kappa shape index (κ2) is 5.65. The van der Waals surface area contributed by atoms with Gasteiger partial charge < -0.3 is 14.9 Å². The van der Waals surface area contributed by atoms with Gasteiger partial charge in [0.2, 0.25) is 5.91 Å². The van der Waals surface area contributed by atoms with Crippen LogP contribution in [0, 0.1) is 11.8 Å². The van der Waals surface area contributed by atoms with Gasteiger partial charge in [0.15, 0.2) is 0 Å². The smallest absolute Gasteiger partial charge is 0.226 e. The standard InChI is InChI=1S/C13H22N2O2/c1-14-6-8-15(9-7-14)13(17)12-5-3-2-4-11(12)10-16/h2-3,11-12,16H,4-10H2,1H3. The van der Waals surface area contributed by atoms with E-state index in [1.165, 1.54) is 0 Å². The second-order valence-corrected chi connectivity index (χ2v) is 5.12. The van der Waals surface area contributed by atoms with Gasteiger partial charge in [-0.05, 0) is 25.8 Å². The van der Waals surface area contributed by atoms with Gasteiger partial charge in [0.1, 0.15) is 0 Å². The number of rotatable bonds is 2. The van der Waals surface area contributed by atoms with Crippen molar-refractivity contribution in [2.24, 2.45) is 11.8 Å². The highest BCUT2D eigenvalue weighted by Crippen LogP contribution is 2.27. The van der Waals surface area contributed by atoms with Gasteiger partial charge in [-0.15, -0.1) is 0 Å². The fourth-order valence-corrected chi connectivity index (χ4v) is 2.64. The van der Waals surface area contributed by atoms with Crippen LogP contribution in [0.1, 0.15) is 12.8 Å². The van der Waals surface area contributed by atoms with Gasteiger partial charge in [-0.2, -0.15) is 0 Å². The monoisotopic (exact) mass is 238 g/mol. The van der Waals surface area contributed by atoms with Crippen molar-refractivity contribution in [3.05, 3.63) is 12.2 Å². The average Bonchev–Trinajstić information content (AvgIpc) is 2.39. The van der Waals surface area contributed by atoms with Gasteiger partial charge in [-0.25, -0.2) is 0 Å². The summed E-state index contributed by atoms with van der Waals surface area (Å²) in [5.74, 6) is 0.349. The first-order chi connectivity index (χ1) is 8.22. The number of likely N-dealkylation sites (N-methyl/N-ethyl adjacent to an activating group) is 1. The summed E-state index contributed by atoms with van der Waals surface area (Å²) < 4.78 is 0. The largest absolute Gasteiger partial charge is 0.396 e. The first kappa shape index (κ1) is 12.6. The number of amides is 1. The lowest BCUT2D eigenvalue weighted by Gasteiger charge is -2.36. The van der Waals surface area contributed by atoms with Gasteiger partial charge in [0.05, 0.1) is 0 Å². The van der Waals surface area contributed by atoms with Crippen molar-refractivity contribution in [3.8, 4) is 0 Å². The maximum atomic E-state index is 12.4. The molecule has 1 aliphatic heterocycles. The zero-order valence-electron chi connectivity index (χ0n) is 10.5. The second-order valence-electron chi connectivity index (χ2n) is 5.12. The molecular weight excluding hydrogens is 216 g/mol. The minimum atomic E-state index is -0.00611. The molecule has 1 heterocycles. The summed E-state index contributed by atoms with van der Waals surface area (Å²) in [4.78, 5) is 16.6. The molecule has 0 aromatic heterocycles. The van der Waals surface area contributed by atoms with E-state index in [0.29, 0.717) is 0 Å². The van der Waals surface area contributed by atoms with Crippen molar-refractivity contribution in [1.82, 2.24) is 9.80 Å². The van der Waals surface area contributed by atoms with Crippen LogP contribution < -0.4 is 0 Å². The number of carbonyl (C=O) groups excluding carboxylic acids is 1. The molecule has 17 heavy (non-hydrogen) atoms. The van der Waals surface area contributed by atoms with Crippen LogP contribution in [0.3, 0.4) is 0 Å². The zero-order valence-corrected chi connectivity index (χ0v) is 10.5. The highest BCUT2D eigenvalue weighted by molar-refractivity contribution is 5.79. The third kappa shape index (κ3) is 2.87. The van der Waals surface area contributed by atoms with Crippen molar-refractivity contribution in [2.75, 3.05) is 39.8 Å². The maximum absolute atomic E-state index is 12.4. The predicted octanol–water partition coefficient (Wildman–Crippen LogP) is 0.335. The van der Waals surface area contributed by atoms with Crippen molar-refractivity contribution >= 4 is 5.91 Å². The van der Waals surface area contributed by atoms with E-state index in [0.717, 1.165) is 39.0 Å². The SMILES string of the molecule is CN1CCN(C(=O)C2CC=CCC2CO)CC1. The van der Waals surface area contributed by atoms with Crippen LogP contribution in [0.15, 0.2) is 12.2 Å². The Hall–Kier alpha value is -0.870. The number of aliphatic hydroxyl groups excluding tert-OH is 1. The lowest BCUT2D eigenvalue weighted by molar-refractivity contribution is -0.139. The highest BCUT2D eigenvalue weighted by atomic mass is 16.3. The first-order valence-electron chi connectivity index (χ1n) is 6.45. The summed E-state index contributed by atoms with van der Waals surface area (Å²) in [7, 11) is 2.09. The Kier molecular flexibility index (Phi) is 4.18. The van der Waals surface area contributed by atoms with Crippen LogP contribution in [0.5, 0.6) is 0 Å². The number of allylic oxidation sites excluding steroid dienone is 2. The Bertz CT molecular complexity index is 296. The van der Waals surface area contributed by atoms with Crippen LogP contribution in [-0.4, -0.2) is 60.6 Å². The van der Waals surface area contributed by atoms with Crippen LogP contribution in [0.25, 0.3) is 0 Å². The van der Waals surface area contributed by atoms with Crippen molar-refractivity contribution in [2.45, 2.75) is 12.8 Å². The summed E-state index contributed by atoms with van der Waals surface area (Å²) in [6, 6.07) is 0. The minimum absolute atomic E-state index is 0.00611. The molecule has 0 saturated carbocycles. The molecule has 96 valence electrons. The van der Waals surface area contributed by atoms with E-state index >= 15 is 0 Å². The van der Waals surface area contributed by atoms with Gasteiger partial charge in [-0.3, -0.25) is 4.79 Å². The molecule has 1 amide bonds. The van der Waals surface area contributed by atoms with Crippen molar-refractivity contribution in [3.63, 3.8) is 0 Å². The summed E-state index contributed by atoms with van der Waals surface area (Å²) in [6.07, 6.45) is 5.77. The van der Waals surface area contributed by atoms with Crippen LogP contribution >= 0.6 is 0 Å². The Balaban J connectivity index is 1.96. The molecule has 2 unspecified atom stereocenters. The number of nitrogens with zero attached hydrogens (tertiary/aromatic N) is 2. The molecule has 1 N–H and O–H groups in total. The lowest BCUT2D eigenvalue weighted by atomic mass is 9.82. The van der Waals surface area contributed by atoms with E-state index < -0.39 is 0 Å². The molecule has 1 fully saturated rings. The van der Waals surface area contributed by atoms with E-state index in [9.17, 15) is 9.90 Å². The van der Waals surface area contributed by atoms with E-state index in [-0.39, 0.29) is 24.3 Å². The predicted molar refractivity (Wildman–Crippen MR) is 66.5 cm³/mol. The van der Waals surface area contributed by atoms with Crippen molar-refractivity contribution in [1.29, 1.82) is 0 Å².